The van der Waals surface area contributed by atoms with Crippen molar-refractivity contribution in [1.82, 2.24) is 5.43 Å². The SMILES string of the molecule is Cc1cccc(Oc2ccc(NNC(=O)CC(F)(F)F)cc2)c1. The molecule has 0 aliphatic carbocycles. The van der Waals surface area contributed by atoms with Gasteiger partial charge in [-0.1, -0.05) is 12.1 Å². The topological polar surface area (TPSA) is 50.4 Å². The van der Waals surface area contributed by atoms with Gasteiger partial charge in [-0.15, -0.1) is 0 Å². The first-order chi connectivity index (χ1) is 10.8. The molecule has 0 saturated heterocycles. The summed E-state index contributed by atoms with van der Waals surface area (Å²) in [5.41, 5.74) is 5.90. The lowest BCUT2D eigenvalue weighted by Gasteiger charge is -2.11. The van der Waals surface area contributed by atoms with Crippen LogP contribution in [-0.2, 0) is 4.79 Å². The Morgan fingerprint density at radius 3 is 2.39 bits per heavy atom. The predicted octanol–water partition coefficient (Wildman–Crippen LogP) is 4.18. The maximum Gasteiger partial charge on any atom is 0.397 e. The van der Waals surface area contributed by atoms with Crippen LogP contribution in [0.25, 0.3) is 0 Å². The van der Waals surface area contributed by atoms with Gasteiger partial charge in [0.15, 0.2) is 0 Å². The molecule has 7 heteroatoms. The molecular formula is C16H15F3N2O2. The number of anilines is 1. The predicted molar refractivity (Wildman–Crippen MR) is 80.1 cm³/mol. The van der Waals surface area contributed by atoms with Gasteiger partial charge in [-0.2, -0.15) is 13.2 Å². The van der Waals surface area contributed by atoms with Crippen LogP contribution in [-0.4, -0.2) is 12.1 Å². The van der Waals surface area contributed by atoms with Gasteiger partial charge in [-0.25, -0.2) is 0 Å². The summed E-state index contributed by atoms with van der Waals surface area (Å²) in [6.45, 7) is 1.95. The van der Waals surface area contributed by atoms with E-state index in [1.807, 2.05) is 36.6 Å². The molecule has 0 saturated carbocycles. The Bertz CT molecular complexity index is 670. The fourth-order valence-corrected chi connectivity index (χ4v) is 1.79. The van der Waals surface area contributed by atoms with Crippen LogP contribution in [0.15, 0.2) is 48.5 Å². The maximum atomic E-state index is 12.0. The molecule has 4 nitrogen and oxygen atoms in total. The summed E-state index contributed by atoms with van der Waals surface area (Å²) in [6, 6.07) is 14.0. The van der Waals surface area contributed by atoms with Gasteiger partial charge in [0.1, 0.15) is 17.9 Å². The second-order valence-corrected chi connectivity index (χ2v) is 4.91. The third-order valence-corrected chi connectivity index (χ3v) is 2.79. The first kappa shape index (κ1) is 16.7. The van der Waals surface area contributed by atoms with Crippen molar-refractivity contribution in [3.63, 3.8) is 0 Å². The third-order valence-electron chi connectivity index (χ3n) is 2.79. The molecule has 1 amide bonds. The van der Waals surface area contributed by atoms with Crippen LogP contribution >= 0.6 is 0 Å². The van der Waals surface area contributed by atoms with Gasteiger partial charge in [0.2, 0.25) is 5.91 Å². The van der Waals surface area contributed by atoms with Crippen molar-refractivity contribution >= 4 is 11.6 Å². The summed E-state index contributed by atoms with van der Waals surface area (Å²) in [5.74, 6) is 0.101. The number of hydrogen-bond acceptors (Lipinski definition) is 3. The van der Waals surface area contributed by atoms with E-state index >= 15 is 0 Å². The highest BCUT2D eigenvalue weighted by Crippen LogP contribution is 2.23. The van der Waals surface area contributed by atoms with Crippen molar-refractivity contribution in [2.45, 2.75) is 19.5 Å². The highest BCUT2D eigenvalue weighted by molar-refractivity contribution is 5.78. The van der Waals surface area contributed by atoms with Crippen LogP contribution in [0.5, 0.6) is 11.5 Å². The highest BCUT2D eigenvalue weighted by atomic mass is 19.4. The van der Waals surface area contributed by atoms with Crippen molar-refractivity contribution in [1.29, 1.82) is 0 Å². The number of carbonyl (C=O) groups excluding carboxylic acids is 1. The monoisotopic (exact) mass is 324 g/mol. The molecule has 2 N–H and O–H groups in total. The van der Waals surface area contributed by atoms with Gasteiger partial charge >= 0.3 is 6.18 Å². The Morgan fingerprint density at radius 2 is 1.78 bits per heavy atom. The molecule has 0 unspecified atom stereocenters. The summed E-state index contributed by atoms with van der Waals surface area (Å²) in [4.78, 5) is 11.1. The van der Waals surface area contributed by atoms with E-state index in [1.165, 1.54) is 0 Å². The van der Waals surface area contributed by atoms with E-state index < -0.39 is 18.5 Å². The van der Waals surface area contributed by atoms with Crippen molar-refractivity contribution < 1.29 is 22.7 Å². The number of carbonyl (C=O) groups is 1. The molecule has 2 aromatic carbocycles. The Balaban J connectivity index is 1.88. The minimum Gasteiger partial charge on any atom is -0.457 e. The number of ether oxygens (including phenoxy) is 1. The Morgan fingerprint density at radius 1 is 1.09 bits per heavy atom. The molecule has 0 fully saturated rings. The van der Waals surface area contributed by atoms with E-state index in [0.717, 1.165) is 5.56 Å². The number of amides is 1. The van der Waals surface area contributed by atoms with E-state index in [4.69, 9.17) is 4.74 Å². The fourth-order valence-electron chi connectivity index (χ4n) is 1.79. The Kier molecular flexibility index (Phi) is 5.10. The lowest BCUT2D eigenvalue weighted by Crippen LogP contribution is -2.32. The van der Waals surface area contributed by atoms with Crippen LogP contribution in [0.3, 0.4) is 0 Å². The second kappa shape index (κ2) is 7.04. The van der Waals surface area contributed by atoms with Crippen molar-refractivity contribution in [2.75, 3.05) is 5.43 Å². The number of hydrogen-bond donors (Lipinski definition) is 2. The molecule has 0 aliphatic heterocycles. The average molecular weight is 324 g/mol. The number of hydrazine groups is 1. The van der Waals surface area contributed by atoms with Gasteiger partial charge in [0.25, 0.3) is 0 Å². The van der Waals surface area contributed by atoms with Crippen LogP contribution in [0.4, 0.5) is 18.9 Å². The molecule has 122 valence electrons. The minimum atomic E-state index is -4.53. The quantitative estimate of drug-likeness (QED) is 0.811. The number of rotatable bonds is 5. The molecule has 2 aromatic rings. The normalized spacial score (nSPS) is 11.0. The minimum absolute atomic E-state index is 0.442. The lowest BCUT2D eigenvalue weighted by atomic mass is 10.2. The molecule has 0 bridgehead atoms. The van der Waals surface area contributed by atoms with E-state index in [2.05, 4.69) is 5.43 Å². The van der Waals surface area contributed by atoms with Crippen molar-refractivity contribution in [3.8, 4) is 11.5 Å². The zero-order chi connectivity index (χ0) is 16.9. The maximum absolute atomic E-state index is 12.0. The van der Waals surface area contributed by atoms with Gasteiger partial charge in [-0.05, 0) is 48.9 Å². The van der Waals surface area contributed by atoms with E-state index in [-0.39, 0.29) is 0 Å². The third kappa shape index (κ3) is 5.90. The molecular weight excluding hydrogens is 309 g/mol. The first-order valence-electron chi connectivity index (χ1n) is 6.78. The van der Waals surface area contributed by atoms with E-state index in [1.54, 1.807) is 24.3 Å². The van der Waals surface area contributed by atoms with Crippen LogP contribution < -0.4 is 15.6 Å². The number of halogens is 3. The number of nitrogens with one attached hydrogen (secondary N) is 2. The van der Waals surface area contributed by atoms with E-state index in [9.17, 15) is 18.0 Å². The number of aryl methyl sites for hydroxylation is 1. The zero-order valence-electron chi connectivity index (χ0n) is 12.3. The average Bonchev–Trinajstić information content (AvgIpc) is 2.45. The summed E-state index contributed by atoms with van der Waals surface area (Å²) >= 11 is 0. The van der Waals surface area contributed by atoms with E-state index in [0.29, 0.717) is 17.2 Å². The van der Waals surface area contributed by atoms with Gasteiger partial charge in [-0.3, -0.25) is 15.6 Å². The zero-order valence-corrected chi connectivity index (χ0v) is 12.3. The second-order valence-electron chi connectivity index (χ2n) is 4.91. The van der Waals surface area contributed by atoms with Gasteiger partial charge in [0, 0.05) is 0 Å². The number of benzene rings is 2. The molecule has 0 aromatic heterocycles. The summed E-state index contributed by atoms with van der Waals surface area (Å²) < 4.78 is 41.7. The van der Waals surface area contributed by atoms with Crippen LogP contribution in [0.1, 0.15) is 12.0 Å². The number of alkyl halides is 3. The molecule has 0 aliphatic rings. The summed E-state index contributed by atoms with van der Waals surface area (Å²) in [5, 5.41) is 0. The molecule has 0 radical (unpaired) electrons. The van der Waals surface area contributed by atoms with Crippen LogP contribution in [0, 0.1) is 6.92 Å². The first-order valence-corrected chi connectivity index (χ1v) is 6.78. The van der Waals surface area contributed by atoms with Crippen LogP contribution in [0.2, 0.25) is 0 Å². The standard InChI is InChI=1S/C16H15F3N2O2/c1-11-3-2-4-14(9-11)23-13-7-5-12(6-8-13)20-21-15(22)10-16(17,18)19/h2-9,20H,10H2,1H3,(H,21,22). The summed E-state index contributed by atoms with van der Waals surface area (Å²) in [7, 11) is 0. The smallest absolute Gasteiger partial charge is 0.397 e. The molecule has 0 heterocycles. The highest BCUT2D eigenvalue weighted by Gasteiger charge is 2.31. The summed E-state index contributed by atoms with van der Waals surface area (Å²) in [6.07, 6.45) is -6.06. The molecule has 2 rings (SSSR count). The molecule has 0 spiro atoms. The van der Waals surface area contributed by atoms with Gasteiger partial charge < -0.3 is 4.74 Å². The molecule has 23 heavy (non-hydrogen) atoms. The Hall–Kier alpha value is -2.70. The van der Waals surface area contributed by atoms with Crippen molar-refractivity contribution in [3.05, 3.63) is 54.1 Å². The lowest BCUT2D eigenvalue weighted by molar-refractivity contribution is -0.153. The van der Waals surface area contributed by atoms with Crippen molar-refractivity contribution in [2.24, 2.45) is 0 Å². The molecule has 0 atom stereocenters. The largest absolute Gasteiger partial charge is 0.457 e. The van der Waals surface area contributed by atoms with Gasteiger partial charge in [0.05, 0.1) is 5.69 Å². The fraction of sp³-hybridized carbons (Fsp3) is 0.188. The Labute approximate surface area is 131 Å².